The quantitative estimate of drug-likeness (QED) is 0.481. The van der Waals surface area contributed by atoms with Crippen molar-refractivity contribution >= 4 is 11.8 Å². The molecule has 2 fully saturated rings. The van der Waals surface area contributed by atoms with E-state index in [2.05, 4.69) is 17.5 Å². The van der Waals surface area contributed by atoms with E-state index in [1.54, 1.807) is 42.4 Å². The van der Waals surface area contributed by atoms with Crippen LogP contribution in [0.2, 0.25) is 0 Å². The van der Waals surface area contributed by atoms with E-state index in [9.17, 15) is 14.7 Å². The number of hydrogen-bond acceptors (Lipinski definition) is 5. The molecule has 0 saturated carbocycles. The average molecular weight is 498 g/mol. The molecule has 37 heavy (non-hydrogen) atoms. The van der Waals surface area contributed by atoms with Gasteiger partial charge < -0.3 is 19.6 Å². The number of phenolic OH excluding ortho intramolecular Hbond substituents is 1. The van der Waals surface area contributed by atoms with Gasteiger partial charge in [0.05, 0.1) is 20.2 Å². The Morgan fingerprint density at radius 1 is 1.03 bits per heavy atom. The second-order valence-corrected chi connectivity index (χ2v) is 9.51. The van der Waals surface area contributed by atoms with Crippen molar-refractivity contribution in [3.05, 3.63) is 96.6 Å². The first-order valence-corrected chi connectivity index (χ1v) is 12.4. The highest BCUT2D eigenvalue weighted by atomic mass is 16.5. The van der Waals surface area contributed by atoms with Crippen molar-refractivity contribution < 1.29 is 19.4 Å². The van der Waals surface area contributed by atoms with Crippen molar-refractivity contribution in [2.75, 3.05) is 26.7 Å². The summed E-state index contributed by atoms with van der Waals surface area (Å²) in [5, 5.41) is 9.68. The van der Waals surface area contributed by atoms with Crippen molar-refractivity contribution in [2.24, 2.45) is 0 Å². The van der Waals surface area contributed by atoms with E-state index in [4.69, 9.17) is 4.74 Å². The molecule has 0 spiro atoms. The first kappa shape index (κ1) is 24.6. The number of amides is 2. The number of carbonyl (C=O) groups is 2. The Morgan fingerprint density at radius 2 is 1.81 bits per heavy atom. The van der Waals surface area contributed by atoms with Crippen molar-refractivity contribution in [3.8, 4) is 22.6 Å². The summed E-state index contributed by atoms with van der Waals surface area (Å²) in [5.41, 5.74) is 3.91. The molecule has 0 radical (unpaired) electrons. The first-order valence-electron chi connectivity index (χ1n) is 12.4. The minimum absolute atomic E-state index is 0.0400. The maximum absolute atomic E-state index is 13.8. The van der Waals surface area contributed by atoms with Gasteiger partial charge in [0, 0.05) is 25.1 Å². The van der Waals surface area contributed by atoms with E-state index in [-0.39, 0.29) is 30.3 Å². The van der Waals surface area contributed by atoms with E-state index >= 15 is 0 Å². The summed E-state index contributed by atoms with van der Waals surface area (Å²) in [5.74, 6) is 0.855. The SMILES string of the molecule is C=CCN1CC(=O)N2[C@@H]1CN(Cc1cccc(-c3ccccc3OC)c1)C(=O)[C@@H]2Cc1ccc(O)cc1. The minimum atomic E-state index is -0.608. The number of piperazine rings is 1. The molecule has 0 unspecified atom stereocenters. The zero-order chi connectivity index (χ0) is 25.9. The van der Waals surface area contributed by atoms with Crippen LogP contribution in [0.1, 0.15) is 11.1 Å². The van der Waals surface area contributed by atoms with Crippen molar-refractivity contribution in [2.45, 2.75) is 25.2 Å². The van der Waals surface area contributed by atoms with Gasteiger partial charge in [-0.05, 0) is 41.0 Å². The molecule has 7 heteroatoms. The predicted molar refractivity (Wildman–Crippen MR) is 142 cm³/mol. The van der Waals surface area contributed by atoms with Gasteiger partial charge in [-0.3, -0.25) is 14.5 Å². The van der Waals surface area contributed by atoms with Crippen LogP contribution in [-0.4, -0.2) is 70.6 Å². The molecular formula is C30H31N3O4. The predicted octanol–water partition coefficient (Wildman–Crippen LogP) is 3.68. The highest BCUT2D eigenvalue weighted by Crippen LogP contribution is 2.32. The standard InChI is InChI=1S/C30H31N3O4/c1-3-15-31-20-29(35)33-26(17-21-11-13-24(34)14-12-21)30(36)32(19-28(31)33)18-22-7-6-8-23(16-22)25-9-4-5-10-27(25)37-2/h3-14,16,26,28,34H,1,15,17-20H2,2H3/t26-,28+/m0/s1. The molecule has 2 saturated heterocycles. The Hall–Kier alpha value is -4.10. The van der Waals surface area contributed by atoms with Crippen LogP contribution in [0, 0.1) is 0 Å². The largest absolute Gasteiger partial charge is 0.508 e. The van der Waals surface area contributed by atoms with Gasteiger partial charge in [-0.25, -0.2) is 0 Å². The number of carbonyl (C=O) groups excluding carboxylic acids is 2. The van der Waals surface area contributed by atoms with Crippen LogP contribution in [0.4, 0.5) is 0 Å². The number of nitrogens with zero attached hydrogens (tertiary/aromatic N) is 3. The molecule has 3 aromatic rings. The fourth-order valence-electron chi connectivity index (χ4n) is 5.38. The second kappa shape index (κ2) is 10.5. The molecule has 5 rings (SSSR count). The van der Waals surface area contributed by atoms with E-state index in [0.29, 0.717) is 26.1 Å². The second-order valence-electron chi connectivity index (χ2n) is 9.51. The molecule has 2 atom stereocenters. The minimum Gasteiger partial charge on any atom is -0.508 e. The maximum atomic E-state index is 13.8. The summed E-state index contributed by atoms with van der Waals surface area (Å²) >= 11 is 0. The van der Waals surface area contributed by atoms with Crippen molar-refractivity contribution in [3.63, 3.8) is 0 Å². The molecular weight excluding hydrogens is 466 g/mol. The highest BCUT2D eigenvalue weighted by molar-refractivity contribution is 5.91. The Kier molecular flexibility index (Phi) is 6.97. The summed E-state index contributed by atoms with van der Waals surface area (Å²) in [4.78, 5) is 32.6. The lowest BCUT2D eigenvalue weighted by Crippen LogP contribution is -2.63. The van der Waals surface area contributed by atoms with Gasteiger partial charge in [0.1, 0.15) is 23.7 Å². The van der Waals surface area contributed by atoms with E-state index < -0.39 is 6.04 Å². The van der Waals surface area contributed by atoms with Crippen LogP contribution in [0.25, 0.3) is 11.1 Å². The highest BCUT2D eigenvalue weighted by Gasteiger charge is 2.49. The lowest BCUT2D eigenvalue weighted by Gasteiger charge is -2.44. The molecule has 1 N–H and O–H groups in total. The van der Waals surface area contributed by atoms with E-state index in [0.717, 1.165) is 28.0 Å². The average Bonchev–Trinajstić information content (AvgIpc) is 3.22. The summed E-state index contributed by atoms with van der Waals surface area (Å²) in [6, 6.07) is 22.2. The van der Waals surface area contributed by atoms with E-state index in [1.165, 1.54) is 0 Å². The molecule has 0 aromatic heterocycles. The lowest BCUT2D eigenvalue weighted by atomic mass is 9.99. The third-order valence-corrected chi connectivity index (χ3v) is 7.13. The van der Waals surface area contributed by atoms with Crippen LogP contribution >= 0.6 is 0 Å². The topological polar surface area (TPSA) is 73.3 Å². The number of methoxy groups -OCH3 is 1. The number of ether oxygens (including phenoxy) is 1. The third-order valence-electron chi connectivity index (χ3n) is 7.13. The van der Waals surface area contributed by atoms with Crippen LogP contribution in [0.5, 0.6) is 11.5 Å². The van der Waals surface area contributed by atoms with Gasteiger partial charge in [-0.1, -0.05) is 54.6 Å². The van der Waals surface area contributed by atoms with Gasteiger partial charge in [0.15, 0.2) is 0 Å². The van der Waals surface area contributed by atoms with E-state index in [1.807, 2.05) is 47.4 Å². The zero-order valence-corrected chi connectivity index (χ0v) is 20.9. The normalized spacial score (nSPS) is 19.7. The number of benzene rings is 3. The van der Waals surface area contributed by atoms with Gasteiger partial charge >= 0.3 is 0 Å². The van der Waals surface area contributed by atoms with Crippen molar-refractivity contribution in [1.82, 2.24) is 14.7 Å². The summed E-state index contributed by atoms with van der Waals surface area (Å²) < 4.78 is 5.55. The molecule has 3 aromatic carbocycles. The molecule has 0 aliphatic carbocycles. The number of para-hydroxylation sites is 1. The number of rotatable bonds is 8. The number of phenols is 1. The molecule has 7 nitrogen and oxygen atoms in total. The smallest absolute Gasteiger partial charge is 0.246 e. The fraction of sp³-hybridized carbons (Fsp3) is 0.267. The summed E-state index contributed by atoms with van der Waals surface area (Å²) in [6.45, 7) is 5.57. The Bertz CT molecular complexity index is 1310. The van der Waals surface area contributed by atoms with Gasteiger partial charge in [-0.15, -0.1) is 6.58 Å². The van der Waals surface area contributed by atoms with Gasteiger partial charge in [0.2, 0.25) is 11.8 Å². The summed E-state index contributed by atoms with van der Waals surface area (Å²) in [7, 11) is 1.66. The lowest BCUT2D eigenvalue weighted by molar-refractivity contribution is -0.154. The Morgan fingerprint density at radius 3 is 2.57 bits per heavy atom. The molecule has 2 aliphatic heterocycles. The first-order chi connectivity index (χ1) is 18.0. The number of aromatic hydroxyl groups is 1. The fourth-order valence-corrected chi connectivity index (χ4v) is 5.38. The maximum Gasteiger partial charge on any atom is 0.246 e. The van der Waals surface area contributed by atoms with Gasteiger partial charge in [-0.2, -0.15) is 0 Å². The number of hydrogen-bond donors (Lipinski definition) is 1. The molecule has 2 aliphatic rings. The Balaban J connectivity index is 1.44. The van der Waals surface area contributed by atoms with Crippen molar-refractivity contribution in [1.29, 1.82) is 0 Å². The molecule has 2 heterocycles. The zero-order valence-electron chi connectivity index (χ0n) is 20.9. The van der Waals surface area contributed by atoms with Gasteiger partial charge in [0.25, 0.3) is 0 Å². The Labute approximate surface area is 217 Å². The molecule has 190 valence electrons. The van der Waals surface area contributed by atoms with Crippen LogP contribution in [0.15, 0.2) is 85.5 Å². The van der Waals surface area contributed by atoms with Crippen LogP contribution < -0.4 is 4.74 Å². The van der Waals surface area contributed by atoms with Crippen LogP contribution in [-0.2, 0) is 22.6 Å². The van der Waals surface area contributed by atoms with Crippen LogP contribution in [0.3, 0.4) is 0 Å². The number of fused-ring (bicyclic) bond motifs is 1. The third kappa shape index (κ3) is 4.95. The monoisotopic (exact) mass is 497 g/mol. The molecule has 2 amide bonds. The molecule has 0 bridgehead atoms. The summed E-state index contributed by atoms with van der Waals surface area (Å²) in [6.07, 6.45) is 1.98.